The minimum atomic E-state index is 0.405. The molecular formula is C38H33N4O3+. The molecule has 0 aliphatic carbocycles. The molecule has 0 atom stereocenters. The van der Waals surface area contributed by atoms with Gasteiger partial charge in [0.1, 0.15) is 0 Å². The number of hydrogen-bond donors (Lipinski definition) is 3. The smallest absolute Gasteiger partial charge is 0.338 e. The molecule has 0 amide bonds. The van der Waals surface area contributed by atoms with Gasteiger partial charge in [0.15, 0.2) is 22.4 Å². The number of nitrogens with one attached hydrogen (secondary N) is 3. The summed E-state index contributed by atoms with van der Waals surface area (Å²) in [7, 11) is 0. The molecule has 7 heteroatoms. The lowest BCUT2D eigenvalue weighted by Crippen LogP contribution is -1.98. The van der Waals surface area contributed by atoms with Crippen LogP contribution in [-0.2, 0) is 0 Å². The zero-order valence-corrected chi connectivity index (χ0v) is 25.6. The average Bonchev–Trinajstić information content (AvgIpc) is 3.07. The Morgan fingerprint density at radius 2 is 1.11 bits per heavy atom. The minimum Gasteiger partial charge on any atom is -0.338 e. The van der Waals surface area contributed by atoms with Crippen LogP contribution in [0.25, 0.3) is 43.5 Å². The number of benzene rings is 6. The van der Waals surface area contributed by atoms with Crippen molar-refractivity contribution >= 4 is 66.6 Å². The molecule has 0 spiro atoms. The van der Waals surface area contributed by atoms with E-state index in [9.17, 15) is 0 Å². The lowest BCUT2D eigenvalue weighted by molar-refractivity contribution is 0.0913. The lowest BCUT2D eigenvalue weighted by atomic mass is 10.1. The van der Waals surface area contributed by atoms with Gasteiger partial charge in [-0.1, -0.05) is 106 Å². The van der Waals surface area contributed by atoms with E-state index in [0.717, 1.165) is 49.4 Å². The molecule has 1 aromatic heterocycles. The SMILES string of the molecule is Cc1ccc(Nc2n[nH][o+]c(Nc3ccc(C)cc3C)c3c(ccc4ccccc43)ooc3ccc4ccccc4c23)c(C)c1. The Balaban J connectivity index is 1.60. The Labute approximate surface area is 260 Å². The van der Waals surface area contributed by atoms with Crippen LogP contribution in [0.2, 0.25) is 0 Å². The normalized spacial score (nSPS) is 11.1. The lowest BCUT2D eigenvalue weighted by Gasteiger charge is -2.10. The summed E-state index contributed by atoms with van der Waals surface area (Å²) in [5.74, 6) is 0.904. The molecule has 1 heterocycles. The van der Waals surface area contributed by atoms with Gasteiger partial charge in [0.05, 0.1) is 10.7 Å². The van der Waals surface area contributed by atoms with Crippen LogP contribution in [0.1, 0.15) is 22.3 Å². The van der Waals surface area contributed by atoms with Gasteiger partial charge < -0.3 is 5.32 Å². The third-order valence-corrected chi connectivity index (χ3v) is 8.04. The molecule has 0 saturated carbocycles. The molecule has 0 fully saturated rings. The predicted octanol–water partition coefficient (Wildman–Crippen LogP) is 11.1. The number of aryl methyl sites for hydroxylation is 4. The van der Waals surface area contributed by atoms with E-state index in [-0.39, 0.29) is 0 Å². The summed E-state index contributed by atoms with van der Waals surface area (Å²) in [6, 6.07) is 36.4. The van der Waals surface area contributed by atoms with Crippen molar-refractivity contribution in [1.29, 1.82) is 0 Å². The number of nitrogens with zero attached hydrogens (tertiary/aromatic N) is 1. The Bertz CT molecular complexity index is 2180. The van der Waals surface area contributed by atoms with Gasteiger partial charge in [-0.05, 0) is 79.2 Å². The van der Waals surface area contributed by atoms with E-state index in [1.807, 2.05) is 72.8 Å². The van der Waals surface area contributed by atoms with Gasteiger partial charge in [-0.15, -0.1) is 0 Å². The van der Waals surface area contributed by atoms with E-state index in [4.69, 9.17) is 18.8 Å². The maximum atomic E-state index is 6.33. The summed E-state index contributed by atoms with van der Waals surface area (Å²) >= 11 is 0. The van der Waals surface area contributed by atoms with Gasteiger partial charge in [0.25, 0.3) is 0 Å². The summed E-state index contributed by atoms with van der Waals surface area (Å²) in [6.45, 7) is 8.27. The Kier molecular flexibility index (Phi) is 7.27. The summed E-state index contributed by atoms with van der Waals surface area (Å²) in [6.07, 6.45) is 0. The Morgan fingerprint density at radius 1 is 0.578 bits per heavy atom. The number of hydrogen-bond acceptors (Lipinski definition) is 5. The number of aromatic amines is 1. The van der Waals surface area contributed by atoms with Crippen molar-refractivity contribution in [3.63, 3.8) is 0 Å². The first-order valence-electron chi connectivity index (χ1n) is 14.9. The second-order valence-electron chi connectivity index (χ2n) is 11.4. The van der Waals surface area contributed by atoms with Crippen LogP contribution < -0.4 is 10.6 Å². The highest BCUT2D eigenvalue weighted by Gasteiger charge is 2.20. The minimum absolute atomic E-state index is 0.405. The molecular weight excluding hydrogens is 560 g/mol. The van der Waals surface area contributed by atoms with E-state index in [2.05, 4.69) is 80.0 Å². The fraction of sp³-hybridized carbons (Fsp3) is 0.105. The number of fused-ring (bicyclic) bond motifs is 6. The van der Waals surface area contributed by atoms with Gasteiger partial charge in [-0.3, -0.25) is 14.5 Å². The molecule has 0 radical (unpaired) electrons. The maximum absolute atomic E-state index is 6.33. The topological polar surface area (TPSA) is 90.3 Å². The number of anilines is 4. The fourth-order valence-electron chi connectivity index (χ4n) is 5.77. The first kappa shape index (κ1) is 28.0. The summed E-state index contributed by atoms with van der Waals surface area (Å²) in [5.41, 5.74) is 7.26. The summed E-state index contributed by atoms with van der Waals surface area (Å²) < 4.78 is 18.8. The van der Waals surface area contributed by atoms with Crippen LogP contribution in [0, 0.1) is 27.7 Å². The Morgan fingerprint density at radius 3 is 1.71 bits per heavy atom. The molecule has 7 nitrogen and oxygen atoms in total. The van der Waals surface area contributed by atoms with Crippen molar-refractivity contribution in [1.82, 2.24) is 10.4 Å². The average molecular weight is 594 g/mol. The van der Waals surface area contributed by atoms with Crippen molar-refractivity contribution in [3.05, 3.63) is 131 Å². The zero-order chi connectivity index (χ0) is 30.9. The first-order chi connectivity index (χ1) is 21.9. The van der Waals surface area contributed by atoms with E-state index in [1.165, 1.54) is 11.1 Å². The molecule has 0 aliphatic rings. The highest BCUT2D eigenvalue weighted by Crippen LogP contribution is 2.35. The molecule has 7 aromatic rings. The van der Waals surface area contributed by atoms with Crippen LogP contribution in [0.15, 0.2) is 123 Å². The van der Waals surface area contributed by atoms with Crippen molar-refractivity contribution < 1.29 is 13.7 Å². The largest absolute Gasteiger partial charge is 0.487 e. The zero-order valence-electron chi connectivity index (χ0n) is 25.6. The molecule has 45 heavy (non-hydrogen) atoms. The van der Waals surface area contributed by atoms with E-state index < -0.39 is 0 Å². The third kappa shape index (κ3) is 5.52. The Hall–Kier alpha value is -5.82. The highest BCUT2D eigenvalue weighted by molar-refractivity contribution is 6.11. The van der Waals surface area contributed by atoms with E-state index >= 15 is 0 Å². The third-order valence-electron chi connectivity index (χ3n) is 8.04. The van der Waals surface area contributed by atoms with Crippen molar-refractivity contribution in [2.75, 3.05) is 10.6 Å². The monoisotopic (exact) mass is 593 g/mol. The van der Waals surface area contributed by atoms with Crippen LogP contribution in [0.4, 0.5) is 23.1 Å². The highest BCUT2D eigenvalue weighted by atomic mass is 17.0. The van der Waals surface area contributed by atoms with Gasteiger partial charge in [0.2, 0.25) is 0 Å². The summed E-state index contributed by atoms with van der Waals surface area (Å²) in [4.78, 5) is 0. The van der Waals surface area contributed by atoms with Gasteiger partial charge in [-0.2, -0.15) is 0 Å². The first-order valence-corrected chi connectivity index (χ1v) is 14.9. The van der Waals surface area contributed by atoms with Crippen molar-refractivity contribution in [3.8, 4) is 0 Å². The predicted molar refractivity (Wildman–Crippen MR) is 183 cm³/mol. The van der Waals surface area contributed by atoms with E-state index in [1.54, 1.807) is 0 Å². The fourth-order valence-corrected chi connectivity index (χ4v) is 5.77. The number of rotatable bonds is 4. The van der Waals surface area contributed by atoms with Gasteiger partial charge >= 0.3 is 5.88 Å². The van der Waals surface area contributed by atoms with Crippen molar-refractivity contribution in [2.45, 2.75) is 27.7 Å². The summed E-state index contributed by atoms with van der Waals surface area (Å²) in [5, 5.41) is 20.0. The molecule has 6 aromatic carbocycles. The number of H-pyrrole nitrogens is 1. The second-order valence-corrected chi connectivity index (χ2v) is 11.4. The molecule has 0 unspecified atom stereocenters. The molecule has 0 saturated heterocycles. The standard InChI is InChI=1S/C38H33N4O3/c1-23-13-17-31(25(3)21-23)39-37-35-29-11-7-5-9-27(29)15-19-33(35)44-45-34-20-16-28-10-6-8-12-30(28)36(34)38(43-42-41-37)40-32-18-14-24(2)22-26(32)4/h5-22,40,42H,1-4H3,(H,39,41)/q+1. The maximum Gasteiger partial charge on any atom is 0.487 e. The van der Waals surface area contributed by atoms with Gasteiger partial charge in [-0.25, -0.2) is 0 Å². The van der Waals surface area contributed by atoms with Crippen LogP contribution in [0.3, 0.4) is 0 Å². The molecule has 222 valence electrons. The van der Waals surface area contributed by atoms with Crippen molar-refractivity contribution in [2.24, 2.45) is 0 Å². The molecule has 3 N–H and O–H groups in total. The molecule has 7 rings (SSSR count). The van der Waals surface area contributed by atoms with Crippen LogP contribution in [-0.4, -0.2) is 10.4 Å². The second kappa shape index (κ2) is 11.7. The quantitative estimate of drug-likeness (QED) is 0.139. The number of aromatic nitrogens is 2. The molecule has 0 aliphatic heterocycles. The van der Waals surface area contributed by atoms with E-state index in [0.29, 0.717) is 28.3 Å². The van der Waals surface area contributed by atoms with Gasteiger partial charge in [0, 0.05) is 16.8 Å². The van der Waals surface area contributed by atoms with Crippen LogP contribution in [0.5, 0.6) is 0 Å². The van der Waals surface area contributed by atoms with Crippen LogP contribution >= 0.6 is 0 Å². The molecule has 0 bridgehead atoms.